The zero-order valence-corrected chi connectivity index (χ0v) is 9.10. The predicted octanol–water partition coefficient (Wildman–Crippen LogP) is 1.82. The molecule has 1 N–H and O–H groups in total. The minimum absolute atomic E-state index is 0.663. The van der Waals surface area contributed by atoms with E-state index in [0.29, 0.717) is 11.1 Å². The van der Waals surface area contributed by atoms with Crippen molar-refractivity contribution >= 4 is 11.6 Å². The molecular weight excluding hydrogens is 186 g/mol. The number of hydrogen-bond donors (Lipinski definition) is 1. The van der Waals surface area contributed by atoms with Crippen LogP contribution >= 0.6 is 11.6 Å². The Morgan fingerprint density at radius 1 is 1.62 bits per heavy atom. The minimum Gasteiger partial charge on any atom is -0.321 e. The summed E-state index contributed by atoms with van der Waals surface area (Å²) in [5.41, 5.74) is 0. The molecule has 74 valence electrons. The zero-order valence-electron chi connectivity index (χ0n) is 8.34. The molecule has 0 aliphatic carbocycles. The highest BCUT2D eigenvalue weighted by Gasteiger charge is 2.03. The second-order valence-corrected chi connectivity index (χ2v) is 3.97. The molecule has 4 heteroatoms. The summed E-state index contributed by atoms with van der Waals surface area (Å²) >= 11 is 5.84. The Hall–Kier alpha value is -0.540. The van der Waals surface area contributed by atoms with E-state index in [2.05, 4.69) is 24.1 Å². The number of nitrogens with one attached hydrogen (secondary N) is 1. The Kier molecular flexibility index (Phi) is 3.75. The van der Waals surface area contributed by atoms with Crippen molar-refractivity contribution in [2.24, 2.45) is 13.0 Å². The van der Waals surface area contributed by atoms with Gasteiger partial charge in [0.25, 0.3) is 0 Å². The van der Waals surface area contributed by atoms with E-state index in [-0.39, 0.29) is 0 Å². The van der Waals surface area contributed by atoms with Gasteiger partial charge in [-0.3, -0.25) is 0 Å². The van der Waals surface area contributed by atoms with Crippen molar-refractivity contribution in [1.29, 1.82) is 0 Å². The van der Waals surface area contributed by atoms with Gasteiger partial charge in [0.1, 0.15) is 11.0 Å². The first-order valence-corrected chi connectivity index (χ1v) is 4.86. The third-order valence-corrected chi connectivity index (χ3v) is 2.21. The van der Waals surface area contributed by atoms with Gasteiger partial charge >= 0.3 is 0 Å². The van der Waals surface area contributed by atoms with E-state index in [9.17, 15) is 0 Å². The van der Waals surface area contributed by atoms with Gasteiger partial charge in [-0.25, -0.2) is 4.98 Å². The quantitative estimate of drug-likeness (QED) is 0.806. The van der Waals surface area contributed by atoms with Crippen LogP contribution in [-0.2, 0) is 13.6 Å². The fourth-order valence-electron chi connectivity index (χ4n) is 1.06. The van der Waals surface area contributed by atoms with E-state index in [1.165, 1.54) is 0 Å². The van der Waals surface area contributed by atoms with Crippen molar-refractivity contribution in [3.05, 3.63) is 17.2 Å². The highest BCUT2D eigenvalue weighted by Crippen LogP contribution is 2.08. The van der Waals surface area contributed by atoms with Crippen LogP contribution in [0.3, 0.4) is 0 Å². The van der Waals surface area contributed by atoms with E-state index in [0.717, 1.165) is 18.9 Å². The molecule has 1 heterocycles. The fourth-order valence-corrected chi connectivity index (χ4v) is 1.21. The molecule has 0 bridgehead atoms. The lowest BCUT2D eigenvalue weighted by molar-refractivity contribution is 0.537. The Labute approximate surface area is 84.1 Å². The van der Waals surface area contributed by atoms with Crippen LogP contribution in [0.1, 0.15) is 19.7 Å². The molecule has 0 saturated carbocycles. The number of nitrogens with zero attached hydrogens (tertiary/aromatic N) is 2. The third kappa shape index (κ3) is 3.01. The summed E-state index contributed by atoms with van der Waals surface area (Å²) in [5.74, 6) is 1.64. The molecule has 0 fully saturated rings. The van der Waals surface area contributed by atoms with Crippen LogP contribution in [0.2, 0.25) is 5.15 Å². The molecule has 0 radical (unpaired) electrons. The second kappa shape index (κ2) is 4.63. The summed E-state index contributed by atoms with van der Waals surface area (Å²) in [5, 5.41) is 4.00. The van der Waals surface area contributed by atoms with E-state index >= 15 is 0 Å². The first-order chi connectivity index (χ1) is 6.11. The second-order valence-electron chi connectivity index (χ2n) is 3.58. The molecule has 3 nitrogen and oxygen atoms in total. The average Bonchev–Trinajstić information content (AvgIpc) is 2.35. The van der Waals surface area contributed by atoms with Gasteiger partial charge in [-0.05, 0) is 12.5 Å². The molecule has 1 aromatic heterocycles. The molecular formula is C9H16ClN3. The molecule has 0 aliphatic rings. The van der Waals surface area contributed by atoms with Crippen LogP contribution in [0, 0.1) is 5.92 Å². The normalized spacial score (nSPS) is 11.2. The van der Waals surface area contributed by atoms with Gasteiger partial charge in [-0.2, -0.15) is 0 Å². The largest absolute Gasteiger partial charge is 0.321 e. The summed E-state index contributed by atoms with van der Waals surface area (Å²) in [6.45, 7) is 6.14. The molecule has 1 rings (SSSR count). The molecule has 0 atom stereocenters. The smallest absolute Gasteiger partial charge is 0.128 e. The Bertz CT molecular complexity index is 268. The van der Waals surface area contributed by atoms with Crippen LogP contribution in [0.25, 0.3) is 0 Å². The van der Waals surface area contributed by atoms with Crippen LogP contribution in [0.5, 0.6) is 0 Å². The lowest BCUT2D eigenvalue weighted by Gasteiger charge is -2.07. The van der Waals surface area contributed by atoms with E-state index in [1.807, 2.05) is 11.6 Å². The standard InChI is InChI=1S/C9H16ClN3/c1-7(2)4-11-6-9-12-5-8(10)13(9)3/h5,7,11H,4,6H2,1-3H3. The van der Waals surface area contributed by atoms with Crippen LogP contribution in [0.4, 0.5) is 0 Å². The summed E-state index contributed by atoms with van der Waals surface area (Å²) in [4.78, 5) is 4.18. The number of aromatic nitrogens is 2. The summed E-state index contributed by atoms with van der Waals surface area (Å²) in [6.07, 6.45) is 1.67. The van der Waals surface area contributed by atoms with Crippen molar-refractivity contribution in [1.82, 2.24) is 14.9 Å². The van der Waals surface area contributed by atoms with Gasteiger partial charge in [-0.15, -0.1) is 0 Å². The SMILES string of the molecule is CC(C)CNCc1ncc(Cl)n1C. The van der Waals surface area contributed by atoms with Gasteiger partial charge in [0.2, 0.25) is 0 Å². The maximum atomic E-state index is 5.84. The fraction of sp³-hybridized carbons (Fsp3) is 0.667. The van der Waals surface area contributed by atoms with Crippen LogP contribution in [0.15, 0.2) is 6.20 Å². The third-order valence-electron chi connectivity index (χ3n) is 1.86. The Morgan fingerprint density at radius 3 is 2.77 bits per heavy atom. The Balaban J connectivity index is 2.41. The number of rotatable bonds is 4. The Morgan fingerprint density at radius 2 is 2.31 bits per heavy atom. The number of halogens is 1. The lowest BCUT2D eigenvalue weighted by atomic mass is 10.2. The molecule has 0 aliphatic heterocycles. The predicted molar refractivity (Wildman–Crippen MR) is 54.8 cm³/mol. The molecule has 0 spiro atoms. The van der Waals surface area contributed by atoms with Crippen molar-refractivity contribution < 1.29 is 0 Å². The maximum Gasteiger partial charge on any atom is 0.128 e. The first-order valence-electron chi connectivity index (χ1n) is 4.48. The monoisotopic (exact) mass is 201 g/mol. The van der Waals surface area contributed by atoms with Crippen molar-refractivity contribution in [3.8, 4) is 0 Å². The van der Waals surface area contributed by atoms with Crippen molar-refractivity contribution in [3.63, 3.8) is 0 Å². The number of imidazole rings is 1. The average molecular weight is 202 g/mol. The minimum atomic E-state index is 0.663. The molecule has 0 amide bonds. The van der Waals surface area contributed by atoms with Gasteiger partial charge in [0, 0.05) is 7.05 Å². The van der Waals surface area contributed by atoms with Gasteiger partial charge in [0.15, 0.2) is 0 Å². The summed E-state index contributed by atoms with van der Waals surface area (Å²) in [6, 6.07) is 0. The van der Waals surface area contributed by atoms with Gasteiger partial charge in [0.05, 0.1) is 12.7 Å². The molecule has 13 heavy (non-hydrogen) atoms. The molecule has 1 aromatic rings. The molecule has 0 unspecified atom stereocenters. The summed E-state index contributed by atoms with van der Waals surface area (Å²) in [7, 11) is 1.92. The van der Waals surface area contributed by atoms with Crippen molar-refractivity contribution in [2.75, 3.05) is 6.54 Å². The molecule has 0 saturated heterocycles. The molecule has 0 aromatic carbocycles. The van der Waals surface area contributed by atoms with Crippen molar-refractivity contribution in [2.45, 2.75) is 20.4 Å². The van der Waals surface area contributed by atoms with E-state index in [4.69, 9.17) is 11.6 Å². The maximum absolute atomic E-state index is 5.84. The topological polar surface area (TPSA) is 29.9 Å². The first kappa shape index (κ1) is 10.5. The van der Waals surface area contributed by atoms with E-state index < -0.39 is 0 Å². The highest BCUT2D eigenvalue weighted by molar-refractivity contribution is 6.29. The lowest BCUT2D eigenvalue weighted by Crippen LogP contribution is -2.20. The van der Waals surface area contributed by atoms with Gasteiger partial charge in [-0.1, -0.05) is 25.4 Å². The number of hydrogen-bond acceptors (Lipinski definition) is 2. The van der Waals surface area contributed by atoms with Gasteiger partial charge < -0.3 is 9.88 Å². The van der Waals surface area contributed by atoms with Crippen LogP contribution in [-0.4, -0.2) is 16.1 Å². The summed E-state index contributed by atoms with van der Waals surface area (Å²) < 4.78 is 1.88. The van der Waals surface area contributed by atoms with E-state index in [1.54, 1.807) is 6.20 Å². The highest BCUT2D eigenvalue weighted by atomic mass is 35.5. The zero-order chi connectivity index (χ0) is 9.84. The van der Waals surface area contributed by atoms with Crippen LogP contribution < -0.4 is 5.32 Å².